The van der Waals surface area contributed by atoms with Gasteiger partial charge in [0.25, 0.3) is 0 Å². The van der Waals surface area contributed by atoms with Crippen LogP contribution in [0.1, 0.15) is 17.2 Å². The number of fused-ring (bicyclic) bond motifs is 6. The molecule has 0 spiro atoms. The lowest BCUT2D eigenvalue weighted by molar-refractivity contribution is 0.746. The number of hydrogen-bond acceptors (Lipinski definition) is 0. The molecule has 0 N–H and O–H groups in total. The zero-order valence-electron chi connectivity index (χ0n) is 14.2. The van der Waals surface area contributed by atoms with E-state index in [1.54, 1.807) is 0 Å². The summed E-state index contributed by atoms with van der Waals surface area (Å²) in [6.45, 7) is 0. The van der Waals surface area contributed by atoms with E-state index in [2.05, 4.69) is 95.6 Å². The van der Waals surface area contributed by atoms with Gasteiger partial charge in [-0.2, -0.15) is 0 Å². The topological polar surface area (TPSA) is 4.93 Å². The molecule has 0 aliphatic heterocycles. The van der Waals surface area contributed by atoms with Crippen molar-refractivity contribution in [1.29, 1.82) is 0 Å². The van der Waals surface area contributed by atoms with Crippen LogP contribution in [0.2, 0.25) is 0 Å². The SMILES string of the molecule is [c]1cccc2c3ccccc3n(C3c4ccccc4-c4ccccc43)c12. The standard InChI is InChI=1S/C25H16N/c1-3-13-21-17(9-1)18-10-2-4-14-22(18)25(21)26-23-15-7-5-11-19(23)20-12-6-8-16-24(20)26/h1-15,25H. The first-order chi connectivity index (χ1) is 12.9. The fraction of sp³-hybridized carbons (Fsp3) is 0.0400. The average Bonchev–Trinajstić information content (AvgIpc) is 3.21. The Kier molecular flexibility index (Phi) is 2.72. The van der Waals surface area contributed by atoms with Crippen LogP contribution in [0.4, 0.5) is 0 Å². The van der Waals surface area contributed by atoms with Crippen molar-refractivity contribution in [2.45, 2.75) is 6.04 Å². The number of para-hydroxylation sites is 2. The van der Waals surface area contributed by atoms with E-state index < -0.39 is 0 Å². The second-order valence-electron chi connectivity index (χ2n) is 6.90. The lowest BCUT2D eigenvalue weighted by Crippen LogP contribution is -2.09. The van der Waals surface area contributed by atoms with Crippen molar-refractivity contribution in [1.82, 2.24) is 4.57 Å². The van der Waals surface area contributed by atoms with Gasteiger partial charge in [-0.15, -0.1) is 0 Å². The zero-order chi connectivity index (χ0) is 17.1. The molecule has 1 heteroatoms. The van der Waals surface area contributed by atoms with Crippen LogP contribution in [0, 0.1) is 6.07 Å². The van der Waals surface area contributed by atoms with Gasteiger partial charge in [0.1, 0.15) is 0 Å². The fourth-order valence-electron chi connectivity index (χ4n) is 4.55. The molecule has 1 aliphatic rings. The van der Waals surface area contributed by atoms with Gasteiger partial charge in [0.05, 0.1) is 11.6 Å². The molecule has 0 fully saturated rings. The first-order valence-electron chi connectivity index (χ1n) is 9.01. The van der Waals surface area contributed by atoms with E-state index in [0.29, 0.717) is 0 Å². The van der Waals surface area contributed by atoms with Crippen LogP contribution in [-0.4, -0.2) is 4.57 Å². The van der Waals surface area contributed by atoms with Crippen LogP contribution in [0.3, 0.4) is 0 Å². The molecular weight excluding hydrogens is 314 g/mol. The molecule has 26 heavy (non-hydrogen) atoms. The predicted molar refractivity (Wildman–Crippen MR) is 107 cm³/mol. The van der Waals surface area contributed by atoms with Gasteiger partial charge in [-0.3, -0.25) is 0 Å². The van der Waals surface area contributed by atoms with Crippen molar-refractivity contribution in [2.24, 2.45) is 0 Å². The fourth-order valence-corrected chi connectivity index (χ4v) is 4.55. The monoisotopic (exact) mass is 330 g/mol. The maximum Gasteiger partial charge on any atom is 0.0857 e. The lowest BCUT2D eigenvalue weighted by Gasteiger charge is -2.19. The highest BCUT2D eigenvalue weighted by Gasteiger charge is 2.31. The first-order valence-corrected chi connectivity index (χ1v) is 9.01. The van der Waals surface area contributed by atoms with Crippen molar-refractivity contribution in [3.63, 3.8) is 0 Å². The molecule has 0 unspecified atom stereocenters. The van der Waals surface area contributed by atoms with Gasteiger partial charge in [0, 0.05) is 22.4 Å². The summed E-state index contributed by atoms with van der Waals surface area (Å²) in [5, 5.41) is 2.56. The summed E-state index contributed by atoms with van der Waals surface area (Å²) in [7, 11) is 0. The molecule has 0 bridgehead atoms. The third-order valence-corrected chi connectivity index (χ3v) is 5.59. The summed E-state index contributed by atoms with van der Waals surface area (Å²) in [5.41, 5.74) is 7.86. The minimum Gasteiger partial charge on any atom is -0.328 e. The number of nitrogens with zero attached hydrogens (tertiary/aromatic N) is 1. The Morgan fingerprint density at radius 1 is 0.615 bits per heavy atom. The van der Waals surface area contributed by atoms with Crippen LogP contribution in [0.15, 0.2) is 91.0 Å². The third kappa shape index (κ3) is 1.70. The molecule has 0 amide bonds. The van der Waals surface area contributed by atoms with Crippen LogP contribution in [-0.2, 0) is 0 Å². The predicted octanol–water partition coefficient (Wildman–Crippen LogP) is 6.21. The summed E-state index contributed by atoms with van der Waals surface area (Å²) in [6, 6.07) is 36.3. The largest absolute Gasteiger partial charge is 0.328 e. The van der Waals surface area contributed by atoms with Crippen molar-refractivity contribution >= 4 is 21.8 Å². The highest BCUT2D eigenvalue weighted by molar-refractivity contribution is 6.08. The first kappa shape index (κ1) is 13.9. The van der Waals surface area contributed by atoms with E-state index in [9.17, 15) is 0 Å². The average molecular weight is 330 g/mol. The van der Waals surface area contributed by atoms with Crippen LogP contribution >= 0.6 is 0 Å². The molecule has 1 radical (unpaired) electrons. The molecule has 6 rings (SSSR count). The molecule has 4 aromatic carbocycles. The molecule has 1 heterocycles. The Hall–Kier alpha value is -3.32. The van der Waals surface area contributed by atoms with Gasteiger partial charge < -0.3 is 4.57 Å². The highest BCUT2D eigenvalue weighted by Crippen LogP contribution is 2.47. The van der Waals surface area contributed by atoms with E-state index in [1.165, 1.54) is 44.1 Å². The lowest BCUT2D eigenvalue weighted by atomic mass is 10.0. The normalized spacial score (nSPS) is 13.2. The van der Waals surface area contributed by atoms with Crippen LogP contribution < -0.4 is 0 Å². The van der Waals surface area contributed by atoms with Gasteiger partial charge in [-0.1, -0.05) is 84.9 Å². The van der Waals surface area contributed by atoms with Crippen molar-refractivity contribution < 1.29 is 0 Å². The van der Waals surface area contributed by atoms with E-state index in [1.807, 2.05) is 6.07 Å². The van der Waals surface area contributed by atoms with Crippen molar-refractivity contribution in [3.05, 3.63) is 108 Å². The Morgan fingerprint density at radius 3 is 2.00 bits per heavy atom. The van der Waals surface area contributed by atoms with Crippen molar-refractivity contribution in [2.75, 3.05) is 0 Å². The molecule has 1 aliphatic carbocycles. The summed E-state index contributed by atoms with van der Waals surface area (Å²) in [4.78, 5) is 0. The van der Waals surface area contributed by atoms with Gasteiger partial charge in [-0.05, 0) is 28.3 Å². The second-order valence-corrected chi connectivity index (χ2v) is 6.90. The molecule has 5 aromatic rings. The molecule has 0 atom stereocenters. The molecule has 121 valence electrons. The third-order valence-electron chi connectivity index (χ3n) is 5.59. The molecule has 0 saturated heterocycles. The summed E-state index contributed by atoms with van der Waals surface area (Å²) in [6.07, 6.45) is 0. The quantitative estimate of drug-likeness (QED) is 0.337. The van der Waals surface area contributed by atoms with Crippen LogP contribution in [0.5, 0.6) is 0 Å². The maximum absolute atomic E-state index is 3.51. The number of aromatic nitrogens is 1. The van der Waals surface area contributed by atoms with E-state index in [-0.39, 0.29) is 6.04 Å². The van der Waals surface area contributed by atoms with Gasteiger partial charge in [-0.25, -0.2) is 0 Å². The smallest absolute Gasteiger partial charge is 0.0857 e. The maximum atomic E-state index is 3.51. The second kappa shape index (κ2) is 5.09. The van der Waals surface area contributed by atoms with Gasteiger partial charge >= 0.3 is 0 Å². The molecule has 1 aromatic heterocycles. The van der Waals surface area contributed by atoms with Gasteiger partial charge in [0.2, 0.25) is 0 Å². The zero-order valence-corrected chi connectivity index (χ0v) is 14.2. The van der Waals surface area contributed by atoms with Gasteiger partial charge in [0.15, 0.2) is 0 Å². The Morgan fingerprint density at radius 2 is 1.23 bits per heavy atom. The van der Waals surface area contributed by atoms with E-state index in [4.69, 9.17) is 0 Å². The Balaban J connectivity index is 1.79. The highest BCUT2D eigenvalue weighted by atomic mass is 15.0. The molecular formula is C25H16N. The summed E-state index contributed by atoms with van der Waals surface area (Å²) < 4.78 is 2.47. The summed E-state index contributed by atoms with van der Waals surface area (Å²) in [5.74, 6) is 0. The molecule has 0 saturated carbocycles. The Bertz CT molecular complexity index is 1190. The Labute approximate surface area is 152 Å². The van der Waals surface area contributed by atoms with Crippen LogP contribution in [0.25, 0.3) is 32.9 Å². The van der Waals surface area contributed by atoms with E-state index in [0.717, 1.165) is 0 Å². The molecule has 1 nitrogen and oxygen atoms in total. The van der Waals surface area contributed by atoms with Crippen molar-refractivity contribution in [3.8, 4) is 11.1 Å². The summed E-state index contributed by atoms with van der Waals surface area (Å²) >= 11 is 0. The minimum absolute atomic E-state index is 0.184. The number of rotatable bonds is 1. The number of hydrogen-bond donors (Lipinski definition) is 0. The minimum atomic E-state index is 0.184. The van der Waals surface area contributed by atoms with E-state index >= 15 is 0 Å². The number of benzene rings is 4.